The van der Waals surface area contributed by atoms with E-state index in [0.717, 1.165) is 34.6 Å². The molecular weight excluding hydrogens is 226 g/mol. The van der Waals surface area contributed by atoms with Gasteiger partial charge in [-0.1, -0.05) is 0 Å². The van der Waals surface area contributed by atoms with E-state index < -0.39 is 0 Å². The molecule has 2 aromatic rings. The van der Waals surface area contributed by atoms with E-state index in [1.54, 1.807) is 7.11 Å². The Hall–Kier alpha value is -1.68. The summed E-state index contributed by atoms with van der Waals surface area (Å²) in [6.45, 7) is 4.14. The van der Waals surface area contributed by atoms with Gasteiger partial charge in [-0.05, 0) is 33.0 Å². The van der Waals surface area contributed by atoms with Gasteiger partial charge in [-0.15, -0.1) is 0 Å². The van der Waals surface area contributed by atoms with Crippen LogP contribution in [0.25, 0.3) is 10.9 Å². The van der Waals surface area contributed by atoms with Crippen molar-refractivity contribution in [2.45, 2.75) is 26.3 Å². The zero-order valence-electron chi connectivity index (χ0n) is 11.3. The maximum absolute atomic E-state index is 5.23. The second kappa shape index (κ2) is 5.31. The van der Waals surface area contributed by atoms with Crippen LogP contribution in [0.1, 0.15) is 18.4 Å². The van der Waals surface area contributed by atoms with Gasteiger partial charge in [0.1, 0.15) is 11.6 Å². The summed E-state index contributed by atoms with van der Waals surface area (Å²) in [5, 5.41) is 4.28. The molecular formula is C14H19N3O. The van der Waals surface area contributed by atoms with Gasteiger partial charge in [-0.25, -0.2) is 9.97 Å². The third-order valence-electron chi connectivity index (χ3n) is 3.12. The summed E-state index contributed by atoms with van der Waals surface area (Å²) in [7, 11) is 3.61. The molecule has 1 aromatic heterocycles. The van der Waals surface area contributed by atoms with E-state index in [4.69, 9.17) is 4.74 Å². The van der Waals surface area contributed by atoms with Crippen LogP contribution in [-0.2, 0) is 6.42 Å². The molecule has 0 saturated heterocycles. The minimum atomic E-state index is 0.368. The number of ether oxygens (including phenoxy) is 1. The smallest absolute Gasteiger partial charge is 0.130 e. The summed E-state index contributed by atoms with van der Waals surface area (Å²) in [5.41, 5.74) is 1.96. The number of aromatic nitrogens is 2. The topological polar surface area (TPSA) is 47.0 Å². The van der Waals surface area contributed by atoms with Crippen LogP contribution in [0.2, 0.25) is 0 Å². The van der Waals surface area contributed by atoms with Crippen molar-refractivity contribution in [1.82, 2.24) is 15.3 Å². The average molecular weight is 245 g/mol. The average Bonchev–Trinajstić information content (AvgIpc) is 2.37. The maximum Gasteiger partial charge on any atom is 0.130 e. The van der Waals surface area contributed by atoms with Crippen molar-refractivity contribution >= 4 is 10.9 Å². The van der Waals surface area contributed by atoms with Crippen molar-refractivity contribution in [2.75, 3.05) is 14.2 Å². The minimum Gasteiger partial charge on any atom is -0.497 e. The number of benzene rings is 1. The first-order chi connectivity index (χ1) is 8.63. The fraction of sp³-hybridized carbons (Fsp3) is 0.429. The molecule has 18 heavy (non-hydrogen) atoms. The summed E-state index contributed by atoms with van der Waals surface area (Å²) in [6.07, 6.45) is 0.824. The highest BCUT2D eigenvalue weighted by atomic mass is 16.5. The molecule has 96 valence electrons. The molecule has 4 nitrogen and oxygen atoms in total. The molecule has 2 rings (SSSR count). The number of nitrogens with one attached hydrogen (secondary N) is 1. The number of methoxy groups -OCH3 is 1. The first kappa shape index (κ1) is 12.8. The second-order valence-electron chi connectivity index (χ2n) is 4.50. The summed E-state index contributed by atoms with van der Waals surface area (Å²) in [4.78, 5) is 9.15. The zero-order chi connectivity index (χ0) is 13.1. The largest absolute Gasteiger partial charge is 0.497 e. The molecule has 1 atom stereocenters. The van der Waals surface area contributed by atoms with E-state index in [0.29, 0.717) is 6.04 Å². The monoisotopic (exact) mass is 245 g/mol. The quantitative estimate of drug-likeness (QED) is 0.896. The Morgan fingerprint density at radius 1 is 1.33 bits per heavy atom. The lowest BCUT2D eigenvalue weighted by atomic mass is 10.1. The number of nitrogens with zero attached hydrogens (tertiary/aromatic N) is 2. The Morgan fingerprint density at radius 2 is 2.11 bits per heavy atom. The Kier molecular flexibility index (Phi) is 3.77. The van der Waals surface area contributed by atoms with Crippen LogP contribution < -0.4 is 10.1 Å². The van der Waals surface area contributed by atoms with Crippen LogP contribution in [0.5, 0.6) is 5.75 Å². The van der Waals surface area contributed by atoms with Gasteiger partial charge in [0.15, 0.2) is 0 Å². The van der Waals surface area contributed by atoms with Gasteiger partial charge in [0.2, 0.25) is 0 Å². The third-order valence-corrected chi connectivity index (χ3v) is 3.12. The van der Waals surface area contributed by atoms with E-state index in [1.807, 2.05) is 32.2 Å². The number of likely N-dealkylation sites (N-methyl/N-ethyl adjacent to an activating group) is 1. The van der Waals surface area contributed by atoms with Crippen molar-refractivity contribution in [3.63, 3.8) is 0 Å². The summed E-state index contributed by atoms with van der Waals surface area (Å²) in [5.74, 6) is 1.70. The fourth-order valence-electron chi connectivity index (χ4n) is 1.92. The maximum atomic E-state index is 5.23. The summed E-state index contributed by atoms with van der Waals surface area (Å²) in [6, 6.07) is 6.27. The molecule has 0 fully saturated rings. The zero-order valence-corrected chi connectivity index (χ0v) is 11.3. The summed E-state index contributed by atoms with van der Waals surface area (Å²) < 4.78 is 5.23. The van der Waals surface area contributed by atoms with Crippen molar-refractivity contribution in [1.29, 1.82) is 0 Å². The van der Waals surface area contributed by atoms with Gasteiger partial charge >= 0.3 is 0 Å². The lowest BCUT2D eigenvalue weighted by Gasteiger charge is -2.11. The number of hydrogen-bond acceptors (Lipinski definition) is 4. The Morgan fingerprint density at radius 3 is 2.78 bits per heavy atom. The van der Waals surface area contributed by atoms with Crippen LogP contribution in [-0.4, -0.2) is 30.2 Å². The van der Waals surface area contributed by atoms with E-state index in [2.05, 4.69) is 22.2 Å². The fourth-order valence-corrected chi connectivity index (χ4v) is 1.92. The number of aryl methyl sites for hydroxylation is 1. The molecule has 0 spiro atoms. The molecule has 0 amide bonds. The molecule has 1 N–H and O–H groups in total. The first-order valence-corrected chi connectivity index (χ1v) is 6.12. The normalized spacial score (nSPS) is 12.7. The molecule has 0 aliphatic rings. The van der Waals surface area contributed by atoms with E-state index in [-0.39, 0.29) is 0 Å². The predicted octanol–water partition coefficient (Wildman–Crippen LogP) is 2.10. The molecule has 1 aromatic carbocycles. The lowest BCUT2D eigenvalue weighted by Crippen LogP contribution is -2.24. The molecule has 0 bridgehead atoms. The highest BCUT2D eigenvalue weighted by molar-refractivity contribution is 5.82. The Labute approximate surface area is 107 Å². The second-order valence-corrected chi connectivity index (χ2v) is 4.50. The van der Waals surface area contributed by atoms with Crippen molar-refractivity contribution in [3.8, 4) is 5.75 Å². The number of rotatable bonds is 4. The van der Waals surface area contributed by atoms with Crippen molar-refractivity contribution in [2.24, 2.45) is 0 Å². The molecule has 1 heterocycles. The standard InChI is InChI=1S/C14H19N3O/c1-9(15-3)7-14-16-10(2)12-6-5-11(18-4)8-13(12)17-14/h5-6,8-9,15H,7H2,1-4H3. The van der Waals surface area contributed by atoms with E-state index >= 15 is 0 Å². The van der Waals surface area contributed by atoms with Gasteiger partial charge in [0, 0.05) is 29.6 Å². The highest BCUT2D eigenvalue weighted by Crippen LogP contribution is 2.21. The van der Waals surface area contributed by atoms with E-state index in [1.165, 1.54) is 0 Å². The van der Waals surface area contributed by atoms with Crippen LogP contribution in [0.4, 0.5) is 0 Å². The predicted molar refractivity (Wildman–Crippen MR) is 73.1 cm³/mol. The van der Waals surface area contributed by atoms with E-state index in [9.17, 15) is 0 Å². The molecule has 0 aliphatic heterocycles. The SMILES string of the molecule is CNC(C)Cc1nc(C)c2ccc(OC)cc2n1. The molecule has 0 radical (unpaired) electrons. The first-order valence-electron chi connectivity index (χ1n) is 6.12. The van der Waals surface area contributed by atoms with Crippen molar-refractivity contribution in [3.05, 3.63) is 29.7 Å². The number of fused-ring (bicyclic) bond motifs is 1. The van der Waals surface area contributed by atoms with Crippen LogP contribution in [0, 0.1) is 6.92 Å². The molecule has 0 aliphatic carbocycles. The number of hydrogen-bond donors (Lipinski definition) is 1. The van der Waals surface area contributed by atoms with Crippen LogP contribution >= 0.6 is 0 Å². The van der Waals surface area contributed by atoms with Gasteiger partial charge < -0.3 is 10.1 Å². The van der Waals surface area contributed by atoms with Gasteiger partial charge in [0.25, 0.3) is 0 Å². The summed E-state index contributed by atoms with van der Waals surface area (Å²) >= 11 is 0. The van der Waals surface area contributed by atoms with Gasteiger partial charge in [-0.2, -0.15) is 0 Å². The minimum absolute atomic E-state index is 0.368. The van der Waals surface area contributed by atoms with Gasteiger partial charge in [0.05, 0.1) is 12.6 Å². The van der Waals surface area contributed by atoms with Crippen LogP contribution in [0.3, 0.4) is 0 Å². The Bertz CT molecular complexity index is 554. The highest BCUT2D eigenvalue weighted by Gasteiger charge is 2.08. The van der Waals surface area contributed by atoms with Crippen molar-refractivity contribution < 1.29 is 4.74 Å². The van der Waals surface area contributed by atoms with Crippen LogP contribution in [0.15, 0.2) is 18.2 Å². The Balaban J connectivity index is 2.45. The third kappa shape index (κ3) is 2.59. The van der Waals surface area contributed by atoms with Gasteiger partial charge in [-0.3, -0.25) is 0 Å². The molecule has 0 saturated carbocycles. The lowest BCUT2D eigenvalue weighted by molar-refractivity contribution is 0.415. The molecule has 1 unspecified atom stereocenters. The molecule has 4 heteroatoms.